The van der Waals surface area contributed by atoms with E-state index in [-0.39, 0.29) is 18.1 Å². The number of alkyl halides is 1. The van der Waals surface area contributed by atoms with Gasteiger partial charge in [-0.1, -0.05) is 29.8 Å². The lowest BCUT2D eigenvalue weighted by Gasteiger charge is -2.21. The molecule has 0 aliphatic rings. The summed E-state index contributed by atoms with van der Waals surface area (Å²) in [5.41, 5.74) is 2.27. The molecule has 0 saturated carbocycles. The number of benzene rings is 1. The molecule has 4 heteroatoms. The third-order valence-corrected chi connectivity index (χ3v) is 3.06. The van der Waals surface area contributed by atoms with E-state index in [1.54, 1.807) is 4.90 Å². The highest BCUT2D eigenvalue weighted by Crippen LogP contribution is 2.09. The Morgan fingerprint density at radius 2 is 1.79 bits per heavy atom. The van der Waals surface area contributed by atoms with Gasteiger partial charge in [0.05, 0.1) is 0 Å². The Hall–Kier alpha value is -1.35. The molecule has 0 bridgehead atoms. The van der Waals surface area contributed by atoms with E-state index in [1.807, 2.05) is 31.2 Å². The van der Waals surface area contributed by atoms with E-state index in [4.69, 9.17) is 11.6 Å². The number of aryl methyl sites for hydroxylation is 1. The number of amides is 1. The highest BCUT2D eigenvalue weighted by atomic mass is 35.5. The van der Waals surface area contributed by atoms with Crippen LogP contribution in [0.1, 0.15) is 30.9 Å². The molecule has 0 N–H and O–H groups in total. The van der Waals surface area contributed by atoms with E-state index < -0.39 is 0 Å². The fourth-order valence-corrected chi connectivity index (χ4v) is 1.95. The Morgan fingerprint density at radius 1 is 1.16 bits per heavy atom. The van der Waals surface area contributed by atoms with E-state index in [2.05, 4.69) is 0 Å². The summed E-state index contributed by atoms with van der Waals surface area (Å²) in [6.45, 7) is 4.58. The van der Waals surface area contributed by atoms with Crippen molar-refractivity contribution in [3.63, 3.8) is 0 Å². The number of carbonyl (C=O) groups excluding carboxylic acids is 2. The highest BCUT2D eigenvalue weighted by molar-refractivity contribution is 6.18. The second kappa shape index (κ2) is 7.95. The molecule has 0 unspecified atom stereocenters. The smallest absolute Gasteiger partial charge is 0.223 e. The first-order valence-electron chi connectivity index (χ1n) is 6.41. The van der Waals surface area contributed by atoms with Crippen molar-refractivity contribution in [1.82, 2.24) is 4.90 Å². The summed E-state index contributed by atoms with van der Waals surface area (Å²) in [4.78, 5) is 24.7. The van der Waals surface area contributed by atoms with Crippen LogP contribution >= 0.6 is 11.6 Å². The number of Topliss-reactive ketones (excluding diaryl/α,β-unsaturated/α-hetero) is 1. The maximum absolute atomic E-state index is 12.0. The van der Waals surface area contributed by atoms with E-state index >= 15 is 0 Å². The number of hydrogen-bond acceptors (Lipinski definition) is 2. The van der Waals surface area contributed by atoms with Crippen molar-refractivity contribution in [2.75, 3.05) is 12.4 Å². The molecule has 3 nitrogen and oxygen atoms in total. The Labute approximate surface area is 119 Å². The van der Waals surface area contributed by atoms with Crippen LogP contribution < -0.4 is 0 Å². The summed E-state index contributed by atoms with van der Waals surface area (Å²) in [6, 6.07) is 8.06. The fourth-order valence-electron chi connectivity index (χ4n) is 1.75. The van der Waals surface area contributed by atoms with Gasteiger partial charge in [-0.05, 0) is 19.4 Å². The van der Waals surface area contributed by atoms with Gasteiger partial charge < -0.3 is 9.69 Å². The summed E-state index contributed by atoms with van der Waals surface area (Å²) >= 11 is 5.73. The van der Waals surface area contributed by atoms with Crippen LogP contribution in [-0.4, -0.2) is 29.0 Å². The molecule has 0 fully saturated rings. The van der Waals surface area contributed by atoms with E-state index in [1.165, 1.54) is 12.5 Å². The van der Waals surface area contributed by atoms with Gasteiger partial charge in [-0.15, -0.1) is 11.6 Å². The molecule has 0 aliphatic carbocycles. The largest absolute Gasteiger partial charge is 0.337 e. The summed E-state index contributed by atoms with van der Waals surface area (Å²) < 4.78 is 0. The number of ketones is 1. The van der Waals surface area contributed by atoms with Gasteiger partial charge in [0.2, 0.25) is 5.91 Å². The molecule has 0 spiro atoms. The lowest BCUT2D eigenvalue weighted by Crippen LogP contribution is -2.32. The zero-order valence-corrected chi connectivity index (χ0v) is 12.2. The Kier molecular flexibility index (Phi) is 6.57. The van der Waals surface area contributed by atoms with Crippen molar-refractivity contribution in [3.05, 3.63) is 35.4 Å². The van der Waals surface area contributed by atoms with E-state index in [0.29, 0.717) is 25.4 Å². The van der Waals surface area contributed by atoms with Gasteiger partial charge >= 0.3 is 0 Å². The third-order valence-electron chi connectivity index (χ3n) is 2.89. The predicted molar refractivity (Wildman–Crippen MR) is 77.2 cm³/mol. The minimum absolute atomic E-state index is 0.0172. The fraction of sp³-hybridized carbons (Fsp3) is 0.467. The van der Waals surface area contributed by atoms with Gasteiger partial charge in [-0.2, -0.15) is 0 Å². The van der Waals surface area contributed by atoms with Crippen molar-refractivity contribution in [1.29, 1.82) is 0 Å². The first-order chi connectivity index (χ1) is 9.02. The van der Waals surface area contributed by atoms with Crippen LogP contribution in [0.3, 0.4) is 0 Å². The molecular formula is C15H20ClNO2. The summed E-state index contributed by atoms with van der Waals surface area (Å²) in [5.74, 6) is 0.420. The van der Waals surface area contributed by atoms with Gasteiger partial charge in [0.25, 0.3) is 0 Å². The minimum atomic E-state index is -0.0172. The van der Waals surface area contributed by atoms with Crippen LogP contribution in [0, 0.1) is 6.92 Å². The molecule has 1 aromatic carbocycles. The summed E-state index contributed by atoms with van der Waals surface area (Å²) in [6.07, 6.45) is 0.559. The molecule has 0 aromatic heterocycles. The molecule has 0 atom stereocenters. The molecule has 1 rings (SSSR count). The minimum Gasteiger partial charge on any atom is -0.337 e. The van der Waals surface area contributed by atoms with Crippen molar-refractivity contribution < 1.29 is 9.59 Å². The van der Waals surface area contributed by atoms with E-state index in [0.717, 1.165) is 5.56 Å². The first kappa shape index (κ1) is 15.7. The molecule has 0 radical (unpaired) electrons. The average Bonchev–Trinajstić information content (AvgIpc) is 2.38. The lowest BCUT2D eigenvalue weighted by molar-refractivity contribution is -0.133. The van der Waals surface area contributed by atoms with Gasteiger partial charge in [-0.3, -0.25) is 4.79 Å². The molecule has 0 heterocycles. The third kappa shape index (κ3) is 5.88. The highest BCUT2D eigenvalue weighted by Gasteiger charge is 2.13. The monoisotopic (exact) mass is 281 g/mol. The zero-order valence-electron chi connectivity index (χ0n) is 11.5. The second-order valence-electron chi connectivity index (χ2n) is 4.69. The normalized spacial score (nSPS) is 10.3. The lowest BCUT2D eigenvalue weighted by atomic mass is 10.1. The van der Waals surface area contributed by atoms with Gasteiger partial charge in [0.1, 0.15) is 5.78 Å². The predicted octanol–water partition coefficient (Wildman–Crippen LogP) is 2.93. The van der Waals surface area contributed by atoms with E-state index in [9.17, 15) is 9.59 Å². The van der Waals surface area contributed by atoms with Crippen LogP contribution in [0.2, 0.25) is 0 Å². The molecular weight excluding hydrogens is 262 g/mol. The maximum Gasteiger partial charge on any atom is 0.223 e. The number of hydrogen-bond donors (Lipinski definition) is 0. The second-order valence-corrected chi connectivity index (χ2v) is 5.07. The Balaban J connectivity index is 2.63. The summed E-state index contributed by atoms with van der Waals surface area (Å²) in [7, 11) is 0. The summed E-state index contributed by atoms with van der Waals surface area (Å²) in [5, 5.41) is 0. The number of halogens is 1. The van der Waals surface area contributed by atoms with Crippen molar-refractivity contribution >= 4 is 23.3 Å². The number of carbonyl (C=O) groups is 2. The standard InChI is InChI=1S/C15H20ClNO2/c1-12-3-6-14(7-4-12)11-17(10-9-16)15(19)8-5-13(2)18/h3-4,6-7H,5,8-11H2,1-2H3. The molecule has 104 valence electrons. The number of rotatable bonds is 7. The Morgan fingerprint density at radius 3 is 2.32 bits per heavy atom. The number of nitrogens with zero attached hydrogens (tertiary/aromatic N) is 1. The first-order valence-corrected chi connectivity index (χ1v) is 6.95. The Bertz CT molecular complexity index is 428. The topological polar surface area (TPSA) is 37.4 Å². The molecule has 1 aromatic rings. The maximum atomic E-state index is 12.0. The average molecular weight is 282 g/mol. The van der Waals surface area contributed by atoms with Crippen molar-refractivity contribution in [2.45, 2.75) is 33.2 Å². The molecule has 19 heavy (non-hydrogen) atoms. The van der Waals surface area contributed by atoms with Crippen molar-refractivity contribution in [2.24, 2.45) is 0 Å². The molecule has 0 aliphatic heterocycles. The molecule has 0 saturated heterocycles. The van der Waals surface area contributed by atoms with Gasteiger partial charge in [0, 0.05) is 31.8 Å². The van der Waals surface area contributed by atoms with Crippen molar-refractivity contribution in [3.8, 4) is 0 Å². The van der Waals surface area contributed by atoms with Gasteiger partial charge in [0.15, 0.2) is 0 Å². The molecule has 1 amide bonds. The SMILES string of the molecule is CC(=O)CCC(=O)N(CCCl)Cc1ccc(C)cc1. The van der Waals surface area contributed by atoms with Crippen LogP contribution in [-0.2, 0) is 16.1 Å². The van der Waals surface area contributed by atoms with Crippen LogP contribution in [0.5, 0.6) is 0 Å². The quantitative estimate of drug-likeness (QED) is 0.721. The zero-order chi connectivity index (χ0) is 14.3. The van der Waals surface area contributed by atoms with Crippen LogP contribution in [0.4, 0.5) is 0 Å². The van der Waals surface area contributed by atoms with Gasteiger partial charge in [-0.25, -0.2) is 0 Å². The van der Waals surface area contributed by atoms with Crippen LogP contribution in [0.15, 0.2) is 24.3 Å². The van der Waals surface area contributed by atoms with Crippen LogP contribution in [0.25, 0.3) is 0 Å².